The monoisotopic (exact) mass is 287 g/mol. The van der Waals surface area contributed by atoms with Gasteiger partial charge in [0, 0.05) is 5.02 Å². The average Bonchev–Trinajstić information content (AvgIpc) is 2.44. The number of carbonyl (C=O) groups excluding carboxylic acids is 1. The molecule has 0 aliphatic heterocycles. The standard InChI is InChI=1S/C16H11ClFNO/c1-10-2-7-15(18)13(8-10)16(20)14(9-19)11-3-5-12(17)6-4-11/h2-8,14H,1H3. The van der Waals surface area contributed by atoms with Gasteiger partial charge < -0.3 is 0 Å². The van der Waals surface area contributed by atoms with E-state index in [2.05, 4.69) is 0 Å². The summed E-state index contributed by atoms with van der Waals surface area (Å²) in [7, 11) is 0. The lowest BCUT2D eigenvalue weighted by Crippen LogP contribution is -2.13. The number of benzene rings is 2. The fraction of sp³-hybridized carbons (Fsp3) is 0.125. The number of hydrogen-bond donors (Lipinski definition) is 0. The Morgan fingerprint density at radius 2 is 1.90 bits per heavy atom. The first-order valence-corrected chi connectivity index (χ1v) is 6.36. The third kappa shape index (κ3) is 2.87. The van der Waals surface area contributed by atoms with E-state index in [1.54, 1.807) is 37.3 Å². The topological polar surface area (TPSA) is 40.9 Å². The highest BCUT2D eigenvalue weighted by molar-refractivity contribution is 6.30. The fourth-order valence-corrected chi connectivity index (χ4v) is 2.05. The van der Waals surface area contributed by atoms with Gasteiger partial charge >= 0.3 is 0 Å². The molecule has 0 heterocycles. The van der Waals surface area contributed by atoms with Gasteiger partial charge in [-0.1, -0.05) is 35.4 Å². The summed E-state index contributed by atoms with van der Waals surface area (Å²) < 4.78 is 13.7. The van der Waals surface area contributed by atoms with Crippen LogP contribution in [0.15, 0.2) is 42.5 Å². The van der Waals surface area contributed by atoms with Crippen LogP contribution in [0.25, 0.3) is 0 Å². The maximum atomic E-state index is 13.7. The second-order valence-corrected chi connectivity index (χ2v) is 4.90. The number of carbonyl (C=O) groups is 1. The molecule has 2 aromatic rings. The van der Waals surface area contributed by atoms with Crippen LogP contribution in [0.4, 0.5) is 4.39 Å². The van der Waals surface area contributed by atoms with Crippen LogP contribution in [-0.2, 0) is 0 Å². The molecule has 0 bridgehead atoms. The summed E-state index contributed by atoms with van der Waals surface area (Å²) >= 11 is 5.77. The molecule has 0 aliphatic carbocycles. The molecule has 100 valence electrons. The number of nitrogens with zero attached hydrogens (tertiary/aromatic N) is 1. The average molecular weight is 288 g/mol. The highest BCUT2D eigenvalue weighted by Crippen LogP contribution is 2.24. The number of hydrogen-bond acceptors (Lipinski definition) is 2. The fourth-order valence-electron chi connectivity index (χ4n) is 1.92. The number of Topliss-reactive ketones (excluding diaryl/α,β-unsaturated/α-hetero) is 1. The van der Waals surface area contributed by atoms with Gasteiger partial charge in [-0.3, -0.25) is 4.79 Å². The summed E-state index contributed by atoms with van der Waals surface area (Å²) in [6, 6.07) is 12.6. The van der Waals surface area contributed by atoms with Crippen LogP contribution in [-0.4, -0.2) is 5.78 Å². The van der Waals surface area contributed by atoms with Crippen molar-refractivity contribution in [3.63, 3.8) is 0 Å². The van der Waals surface area contributed by atoms with Crippen LogP contribution in [0, 0.1) is 24.1 Å². The Morgan fingerprint density at radius 1 is 1.25 bits per heavy atom. The van der Waals surface area contributed by atoms with Gasteiger partial charge in [0.25, 0.3) is 0 Å². The van der Waals surface area contributed by atoms with Crippen molar-refractivity contribution in [1.29, 1.82) is 5.26 Å². The van der Waals surface area contributed by atoms with Crippen LogP contribution in [0.5, 0.6) is 0 Å². The number of aryl methyl sites for hydroxylation is 1. The van der Waals surface area contributed by atoms with E-state index in [9.17, 15) is 14.4 Å². The van der Waals surface area contributed by atoms with Gasteiger partial charge in [0.1, 0.15) is 11.7 Å². The largest absolute Gasteiger partial charge is 0.292 e. The summed E-state index contributed by atoms with van der Waals surface area (Å²) in [5, 5.41) is 9.73. The van der Waals surface area contributed by atoms with Gasteiger partial charge in [-0.25, -0.2) is 4.39 Å². The van der Waals surface area contributed by atoms with Crippen LogP contribution in [0.2, 0.25) is 5.02 Å². The van der Waals surface area contributed by atoms with Crippen molar-refractivity contribution in [3.05, 3.63) is 70.0 Å². The zero-order chi connectivity index (χ0) is 14.7. The molecule has 0 radical (unpaired) electrons. The first kappa shape index (κ1) is 14.2. The molecular weight excluding hydrogens is 277 g/mol. The van der Waals surface area contributed by atoms with Crippen molar-refractivity contribution in [1.82, 2.24) is 0 Å². The minimum absolute atomic E-state index is 0.0634. The van der Waals surface area contributed by atoms with Gasteiger partial charge in [-0.05, 0) is 36.8 Å². The highest BCUT2D eigenvalue weighted by Gasteiger charge is 2.24. The lowest BCUT2D eigenvalue weighted by molar-refractivity contribution is 0.0975. The Bertz CT molecular complexity index is 689. The second kappa shape index (κ2) is 5.85. The lowest BCUT2D eigenvalue weighted by Gasteiger charge is -2.10. The normalized spacial score (nSPS) is 11.7. The molecule has 1 unspecified atom stereocenters. The molecule has 4 heteroatoms. The molecule has 20 heavy (non-hydrogen) atoms. The van der Waals surface area contributed by atoms with Gasteiger partial charge in [0.05, 0.1) is 11.6 Å². The Kier molecular flexibility index (Phi) is 4.16. The summed E-state index contributed by atoms with van der Waals surface area (Å²) in [6.45, 7) is 1.76. The zero-order valence-corrected chi connectivity index (χ0v) is 11.5. The van der Waals surface area contributed by atoms with Gasteiger partial charge in [-0.15, -0.1) is 0 Å². The van der Waals surface area contributed by atoms with E-state index in [1.165, 1.54) is 12.1 Å². The molecule has 0 aromatic heterocycles. The minimum Gasteiger partial charge on any atom is -0.292 e. The molecule has 0 saturated carbocycles. The molecule has 0 N–H and O–H groups in total. The third-order valence-corrected chi connectivity index (χ3v) is 3.23. The van der Waals surface area contributed by atoms with Crippen LogP contribution in [0.1, 0.15) is 27.4 Å². The maximum absolute atomic E-state index is 13.7. The van der Waals surface area contributed by atoms with E-state index in [1.807, 2.05) is 6.07 Å². The SMILES string of the molecule is Cc1ccc(F)c(C(=O)C(C#N)c2ccc(Cl)cc2)c1. The van der Waals surface area contributed by atoms with Gasteiger partial charge in [0.2, 0.25) is 0 Å². The van der Waals surface area contributed by atoms with E-state index in [4.69, 9.17) is 11.6 Å². The Morgan fingerprint density at radius 3 is 2.50 bits per heavy atom. The van der Waals surface area contributed by atoms with Gasteiger partial charge in [-0.2, -0.15) is 5.26 Å². The zero-order valence-electron chi connectivity index (χ0n) is 10.7. The van der Waals surface area contributed by atoms with E-state index in [0.29, 0.717) is 10.6 Å². The maximum Gasteiger partial charge on any atom is 0.187 e. The van der Waals surface area contributed by atoms with Crippen molar-refractivity contribution >= 4 is 17.4 Å². The van der Waals surface area contributed by atoms with E-state index in [-0.39, 0.29) is 5.56 Å². The van der Waals surface area contributed by atoms with Crippen LogP contribution < -0.4 is 0 Å². The third-order valence-electron chi connectivity index (χ3n) is 2.98. The summed E-state index contributed by atoms with van der Waals surface area (Å²) in [4.78, 5) is 12.3. The molecule has 2 nitrogen and oxygen atoms in total. The van der Waals surface area contributed by atoms with Crippen molar-refractivity contribution in [2.45, 2.75) is 12.8 Å². The van der Waals surface area contributed by atoms with Crippen molar-refractivity contribution in [3.8, 4) is 6.07 Å². The van der Waals surface area contributed by atoms with Crippen molar-refractivity contribution in [2.75, 3.05) is 0 Å². The molecule has 0 fully saturated rings. The predicted molar refractivity (Wildman–Crippen MR) is 75.3 cm³/mol. The van der Waals surface area contributed by atoms with E-state index < -0.39 is 17.5 Å². The molecule has 0 amide bonds. The quantitative estimate of drug-likeness (QED) is 0.791. The summed E-state index contributed by atoms with van der Waals surface area (Å²) in [5.74, 6) is -2.20. The summed E-state index contributed by atoms with van der Waals surface area (Å²) in [5.41, 5.74) is 1.21. The first-order valence-electron chi connectivity index (χ1n) is 5.98. The molecule has 2 rings (SSSR count). The predicted octanol–water partition coefficient (Wildman–Crippen LogP) is 4.28. The summed E-state index contributed by atoms with van der Waals surface area (Å²) in [6.07, 6.45) is 0. The molecule has 2 aromatic carbocycles. The van der Waals surface area contributed by atoms with E-state index in [0.717, 1.165) is 5.56 Å². The number of nitriles is 1. The molecular formula is C16H11ClFNO. The first-order chi connectivity index (χ1) is 9.52. The van der Waals surface area contributed by atoms with E-state index >= 15 is 0 Å². The van der Waals surface area contributed by atoms with Gasteiger partial charge in [0.15, 0.2) is 5.78 Å². The number of ketones is 1. The smallest absolute Gasteiger partial charge is 0.187 e. The Hall–Kier alpha value is -2.18. The van der Waals surface area contributed by atoms with Crippen LogP contribution >= 0.6 is 11.6 Å². The molecule has 0 aliphatic rings. The van der Waals surface area contributed by atoms with Crippen LogP contribution in [0.3, 0.4) is 0 Å². The lowest BCUT2D eigenvalue weighted by atomic mass is 9.91. The minimum atomic E-state index is -1.04. The molecule has 1 atom stereocenters. The molecule has 0 saturated heterocycles. The second-order valence-electron chi connectivity index (χ2n) is 4.46. The number of halogens is 2. The number of rotatable bonds is 3. The van der Waals surface area contributed by atoms with Crippen molar-refractivity contribution < 1.29 is 9.18 Å². The Balaban J connectivity index is 2.42. The highest BCUT2D eigenvalue weighted by atomic mass is 35.5. The van der Waals surface area contributed by atoms with Crippen molar-refractivity contribution in [2.24, 2.45) is 0 Å². The molecule has 0 spiro atoms. The Labute approximate surface area is 121 Å².